The molecule has 2 aromatic carbocycles. The van der Waals surface area contributed by atoms with Gasteiger partial charge in [0.1, 0.15) is 5.65 Å². The Labute approximate surface area is 231 Å². The molecule has 41 heavy (non-hydrogen) atoms. The number of hydrogen-bond acceptors (Lipinski definition) is 5. The summed E-state index contributed by atoms with van der Waals surface area (Å²) in [6.45, 7) is 4.87. The smallest absolute Gasteiger partial charge is 0.337 e. The predicted octanol–water partition coefficient (Wildman–Crippen LogP) is 6.09. The molecule has 0 radical (unpaired) electrons. The lowest BCUT2D eigenvalue weighted by Crippen LogP contribution is -2.16. The average molecular weight is 561 g/mol. The summed E-state index contributed by atoms with van der Waals surface area (Å²) in [6, 6.07) is 11.0. The number of carbonyl (C=O) groups is 3. The highest BCUT2D eigenvalue weighted by Crippen LogP contribution is 2.32. The molecule has 0 saturated heterocycles. The number of nitrogens with one attached hydrogen (secondary N) is 3. The predicted molar refractivity (Wildman–Crippen MR) is 146 cm³/mol. The van der Waals surface area contributed by atoms with Crippen molar-refractivity contribution < 1.29 is 27.6 Å². The Hall–Kier alpha value is -5.26. The summed E-state index contributed by atoms with van der Waals surface area (Å²) in [5.41, 5.74) is 1.96. The normalized spacial score (nSPS) is 11.5. The molecule has 5 rings (SSSR count). The molecule has 3 heterocycles. The molecule has 0 bridgehead atoms. The van der Waals surface area contributed by atoms with Gasteiger partial charge in [0.25, 0.3) is 11.8 Å². The topological polar surface area (TPSA) is 122 Å². The van der Waals surface area contributed by atoms with Gasteiger partial charge in [0, 0.05) is 47.3 Å². The number of carbonyl (C=O) groups excluding carboxylic acids is 3. The summed E-state index contributed by atoms with van der Waals surface area (Å²) in [5.74, 6) is -1.41. The first-order valence-electron chi connectivity index (χ1n) is 12.3. The maximum atomic E-state index is 13.6. The summed E-state index contributed by atoms with van der Waals surface area (Å²) in [7, 11) is 0. The molecule has 0 atom stereocenters. The van der Waals surface area contributed by atoms with Gasteiger partial charge in [-0.2, -0.15) is 13.2 Å². The molecule has 5 aromatic rings. The van der Waals surface area contributed by atoms with Crippen molar-refractivity contribution in [2.45, 2.75) is 26.9 Å². The van der Waals surface area contributed by atoms with E-state index in [9.17, 15) is 27.6 Å². The zero-order valence-corrected chi connectivity index (χ0v) is 22.1. The Morgan fingerprint density at radius 3 is 2.34 bits per heavy atom. The Bertz CT molecular complexity index is 1840. The largest absolute Gasteiger partial charge is 0.416 e. The van der Waals surface area contributed by atoms with Crippen LogP contribution in [0.2, 0.25) is 0 Å². The van der Waals surface area contributed by atoms with E-state index in [1.165, 1.54) is 36.1 Å². The maximum Gasteiger partial charge on any atom is 0.416 e. The van der Waals surface area contributed by atoms with Gasteiger partial charge in [-0.05, 0) is 61.9 Å². The summed E-state index contributed by atoms with van der Waals surface area (Å²) >= 11 is 0. The van der Waals surface area contributed by atoms with Gasteiger partial charge < -0.3 is 20.2 Å². The average Bonchev–Trinajstić information content (AvgIpc) is 3.56. The third-order valence-electron chi connectivity index (χ3n) is 6.37. The fourth-order valence-electron chi connectivity index (χ4n) is 4.18. The second-order valence-corrected chi connectivity index (χ2v) is 9.53. The monoisotopic (exact) mass is 560 g/mol. The first-order valence-corrected chi connectivity index (χ1v) is 12.3. The van der Waals surface area contributed by atoms with Crippen LogP contribution < -0.4 is 10.6 Å². The zero-order valence-electron chi connectivity index (χ0n) is 22.1. The van der Waals surface area contributed by atoms with Crippen LogP contribution in [-0.2, 0) is 6.18 Å². The van der Waals surface area contributed by atoms with E-state index in [2.05, 4.69) is 25.6 Å². The highest BCUT2D eigenvalue weighted by Gasteiger charge is 2.32. The SMILES string of the molecule is CC(=O)c1cc2cc(C(=O)Nc3cc(NC(=O)c4cc(-n5cnc(C)c5)cc(C(F)(F)F)c4)ccc3C)cnc2[nH]1. The number of anilines is 2. The van der Waals surface area contributed by atoms with Gasteiger partial charge in [-0.15, -0.1) is 0 Å². The standard InChI is InChI=1S/C29H23F3N6O3/c1-15-4-5-22(11-24(15)37-28(41)20-6-18-9-25(17(3)39)36-26(18)33-12-20)35-27(40)19-7-21(29(30,31)32)10-23(8-19)38-13-16(2)34-14-38/h4-14H,1-3H3,(H,33,36)(H,35,40)(H,37,41). The van der Waals surface area contributed by atoms with Crippen LogP contribution in [0.5, 0.6) is 0 Å². The molecule has 2 amide bonds. The number of nitrogens with zero attached hydrogens (tertiary/aromatic N) is 3. The first-order chi connectivity index (χ1) is 19.4. The number of aromatic nitrogens is 4. The van der Waals surface area contributed by atoms with Crippen LogP contribution >= 0.6 is 0 Å². The van der Waals surface area contributed by atoms with Crippen LogP contribution in [0.25, 0.3) is 16.7 Å². The number of hydrogen-bond donors (Lipinski definition) is 3. The van der Waals surface area contributed by atoms with Gasteiger partial charge in [-0.3, -0.25) is 14.4 Å². The van der Waals surface area contributed by atoms with Crippen molar-refractivity contribution in [3.05, 3.63) is 101 Å². The highest BCUT2D eigenvalue weighted by atomic mass is 19.4. The number of amides is 2. The molecule has 0 aliphatic heterocycles. The van der Waals surface area contributed by atoms with Crippen molar-refractivity contribution in [3.8, 4) is 5.69 Å². The number of alkyl halides is 3. The molecule has 0 aliphatic carbocycles. The van der Waals surface area contributed by atoms with Crippen molar-refractivity contribution in [1.29, 1.82) is 0 Å². The molecule has 0 spiro atoms. The zero-order chi connectivity index (χ0) is 29.5. The molecule has 12 heteroatoms. The van der Waals surface area contributed by atoms with Gasteiger partial charge in [0.05, 0.1) is 28.8 Å². The van der Waals surface area contributed by atoms with Gasteiger partial charge in [0.15, 0.2) is 5.78 Å². The summed E-state index contributed by atoms with van der Waals surface area (Å²) in [5, 5.41) is 5.97. The molecular formula is C29H23F3N6O3. The van der Waals surface area contributed by atoms with Crippen LogP contribution in [0.3, 0.4) is 0 Å². The van der Waals surface area contributed by atoms with E-state index in [1.807, 2.05) is 0 Å². The highest BCUT2D eigenvalue weighted by molar-refractivity contribution is 6.08. The fourth-order valence-corrected chi connectivity index (χ4v) is 4.18. The molecule has 0 aliphatic rings. The van der Waals surface area contributed by atoms with Gasteiger partial charge in [-0.25, -0.2) is 9.97 Å². The molecule has 0 saturated carbocycles. The molecule has 0 unspecified atom stereocenters. The van der Waals surface area contributed by atoms with Crippen LogP contribution in [0.15, 0.2) is 67.3 Å². The number of aromatic amines is 1. The van der Waals surface area contributed by atoms with E-state index in [0.717, 1.165) is 12.1 Å². The summed E-state index contributed by atoms with van der Waals surface area (Å²) < 4.78 is 42.3. The Morgan fingerprint density at radius 1 is 0.902 bits per heavy atom. The number of aryl methyl sites for hydroxylation is 2. The summed E-state index contributed by atoms with van der Waals surface area (Å²) in [4.78, 5) is 48.8. The van der Waals surface area contributed by atoms with Crippen LogP contribution in [0, 0.1) is 13.8 Å². The molecular weight excluding hydrogens is 537 g/mol. The summed E-state index contributed by atoms with van der Waals surface area (Å²) in [6.07, 6.45) is -0.384. The van der Waals surface area contributed by atoms with E-state index in [4.69, 9.17) is 0 Å². The Morgan fingerprint density at radius 2 is 1.66 bits per heavy atom. The van der Waals surface area contributed by atoms with E-state index in [-0.39, 0.29) is 28.3 Å². The van der Waals surface area contributed by atoms with E-state index in [0.29, 0.717) is 33.7 Å². The number of rotatable bonds is 6. The van der Waals surface area contributed by atoms with Crippen molar-refractivity contribution in [1.82, 2.24) is 19.5 Å². The van der Waals surface area contributed by atoms with Crippen molar-refractivity contribution in [3.63, 3.8) is 0 Å². The molecule has 0 fully saturated rings. The van der Waals surface area contributed by atoms with Gasteiger partial charge >= 0.3 is 6.18 Å². The maximum absolute atomic E-state index is 13.6. The number of benzene rings is 2. The second-order valence-electron chi connectivity index (χ2n) is 9.53. The van der Waals surface area contributed by atoms with E-state index < -0.39 is 23.6 Å². The fraction of sp³-hybridized carbons (Fsp3) is 0.138. The van der Waals surface area contributed by atoms with Crippen LogP contribution in [0.1, 0.15) is 54.9 Å². The second kappa shape index (κ2) is 10.4. The molecule has 3 N–H and O–H groups in total. The Balaban J connectivity index is 1.38. The van der Waals surface area contributed by atoms with Crippen molar-refractivity contribution in [2.24, 2.45) is 0 Å². The third-order valence-corrected chi connectivity index (χ3v) is 6.37. The van der Waals surface area contributed by atoms with Crippen LogP contribution in [0.4, 0.5) is 24.5 Å². The molecule has 208 valence electrons. The lowest BCUT2D eigenvalue weighted by molar-refractivity contribution is -0.137. The third kappa shape index (κ3) is 5.86. The first kappa shape index (κ1) is 27.3. The lowest BCUT2D eigenvalue weighted by atomic mass is 10.1. The van der Waals surface area contributed by atoms with Crippen molar-refractivity contribution in [2.75, 3.05) is 10.6 Å². The minimum atomic E-state index is -4.67. The van der Waals surface area contributed by atoms with Gasteiger partial charge in [0.2, 0.25) is 0 Å². The van der Waals surface area contributed by atoms with E-state index in [1.54, 1.807) is 44.3 Å². The Kier molecular flexibility index (Phi) is 6.91. The van der Waals surface area contributed by atoms with Crippen molar-refractivity contribution >= 4 is 40.0 Å². The number of imidazole rings is 1. The minimum Gasteiger partial charge on any atom is -0.337 e. The molecule has 9 nitrogen and oxygen atoms in total. The quantitative estimate of drug-likeness (QED) is 0.217. The number of H-pyrrole nitrogens is 1. The van der Waals surface area contributed by atoms with Crippen LogP contribution in [-0.4, -0.2) is 37.1 Å². The number of halogens is 3. The van der Waals surface area contributed by atoms with Gasteiger partial charge in [-0.1, -0.05) is 6.07 Å². The lowest BCUT2D eigenvalue weighted by Gasteiger charge is -2.14. The number of pyridine rings is 1. The van der Waals surface area contributed by atoms with E-state index >= 15 is 0 Å². The number of fused-ring (bicyclic) bond motifs is 1. The minimum absolute atomic E-state index is 0.130. The number of ketones is 1. The number of Topliss-reactive ketones (excluding diaryl/α,β-unsaturated/α-hetero) is 1. The molecule has 3 aromatic heterocycles.